The first-order valence-electron chi connectivity index (χ1n) is 21.1. The molecule has 2 fully saturated rings. The minimum atomic E-state index is -1.31. The van der Waals surface area contributed by atoms with Crippen molar-refractivity contribution in [2.24, 2.45) is 0 Å². The molecule has 0 bridgehead atoms. The van der Waals surface area contributed by atoms with Gasteiger partial charge in [-0.1, -0.05) is 85.0 Å². The van der Waals surface area contributed by atoms with Gasteiger partial charge in [0.25, 0.3) is 0 Å². The molecule has 2 aliphatic rings. The number of esters is 4. The maximum absolute atomic E-state index is 12.4. The number of hydrogen-bond acceptors (Lipinski definition) is 15. The number of aliphatic hydroxyl groups is 1. The van der Waals surface area contributed by atoms with Crippen LogP contribution in [0.2, 0.25) is 0 Å². The number of benzene rings is 3. The molecular formula is C48H55N3O12S. The van der Waals surface area contributed by atoms with Crippen LogP contribution in [0.5, 0.6) is 0 Å². The molecule has 2 saturated heterocycles. The van der Waals surface area contributed by atoms with Crippen molar-refractivity contribution in [3.63, 3.8) is 0 Å². The van der Waals surface area contributed by atoms with Gasteiger partial charge in [-0.15, -0.1) is 0 Å². The fourth-order valence-corrected chi connectivity index (χ4v) is 8.34. The number of pyridine rings is 1. The predicted octanol–water partition coefficient (Wildman–Crippen LogP) is 5.94. The van der Waals surface area contributed by atoms with Crippen molar-refractivity contribution >= 4 is 46.8 Å². The van der Waals surface area contributed by atoms with Crippen LogP contribution < -0.4 is 5.32 Å². The van der Waals surface area contributed by atoms with Crippen molar-refractivity contribution in [3.05, 3.63) is 131 Å². The highest BCUT2D eigenvalue weighted by molar-refractivity contribution is 7.80. The number of thiocarbonyl (C=S) groups is 1. The first kappa shape index (κ1) is 47.8. The summed E-state index contributed by atoms with van der Waals surface area (Å²) in [6.07, 6.45) is -5.06. The first-order chi connectivity index (χ1) is 30.8. The molecule has 16 heteroatoms. The number of likely N-dealkylation sites (N-methyl/N-ethyl adjacent to an activating group) is 1. The van der Waals surface area contributed by atoms with Gasteiger partial charge >= 0.3 is 23.9 Å². The van der Waals surface area contributed by atoms with Crippen molar-refractivity contribution in [2.45, 2.75) is 102 Å². The van der Waals surface area contributed by atoms with Gasteiger partial charge in [0.15, 0.2) is 24.6 Å². The van der Waals surface area contributed by atoms with E-state index in [0.29, 0.717) is 17.8 Å². The molecule has 340 valence electrons. The number of aliphatic hydroxyl groups excluding tert-OH is 1. The molecule has 0 radical (unpaired) electrons. The number of nitrogens with one attached hydrogen (secondary N) is 1. The zero-order chi connectivity index (χ0) is 45.8. The SMILES string of the molecule is CC(=O)OCC1OC(CC(=S)Nc2cccc(C3OC(CN(C)CCc4ccccn4)C(c4ccccc4)C(c4ccc(CO)cc4)O3)c2)C(OC(C)=O)C(OC(C)=O)C1OC(C)=O. The average molecular weight is 898 g/mol. The third-order valence-corrected chi connectivity index (χ3v) is 11.1. The highest BCUT2D eigenvalue weighted by Gasteiger charge is 2.52. The van der Waals surface area contributed by atoms with Crippen LogP contribution in [0, 0.1) is 0 Å². The van der Waals surface area contributed by atoms with E-state index in [0.717, 1.165) is 42.3 Å². The Labute approximate surface area is 378 Å². The second-order valence-electron chi connectivity index (χ2n) is 15.8. The number of aromatic nitrogens is 1. The zero-order valence-electron chi connectivity index (χ0n) is 36.5. The smallest absolute Gasteiger partial charge is 0.303 e. The Balaban J connectivity index is 1.27. The largest absolute Gasteiger partial charge is 0.463 e. The van der Waals surface area contributed by atoms with Gasteiger partial charge in [-0.3, -0.25) is 24.2 Å². The van der Waals surface area contributed by atoms with E-state index >= 15 is 0 Å². The van der Waals surface area contributed by atoms with Crippen molar-refractivity contribution in [1.82, 2.24) is 9.88 Å². The Morgan fingerprint density at radius 1 is 0.719 bits per heavy atom. The van der Waals surface area contributed by atoms with Crippen LogP contribution in [-0.2, 0) is 65.4 Å². The molecule has 0 amide bonds. The Bertz CT molecular complexity index is 2200. The molecule has 1 aromatic heterocycles. The van der Waals surface area contributed by atoms with Crippen LogP contribution in [0.15, 0.2) is 103 Å². The Morgan fingerprint density at radius 3 is 2.02 bits per heavy atom. The minimum absolute atomic E-state index is 0.0490. The van der Waals surface area contributed by atoms with Gasteiger partial charge in [-0.2, -0.15) is 0 Å². The molecular weight excluding hydrogens is 843 g/mol. The van der Waals surface area contributed by atoms with Crippen LogP contribution in [0.3, 0.4) is 0 Å². The van der Waals surface area contributed by atoms with Gasteiger partial charge in [0, 0.05) is 82.7 Å². The van der Waals surface area contributed by atoms with Gasteiger partial charge in [-0.05, 0) is 48.0 Å². The summed E-state index contributed by atoms with van der Waals surface area (Å²) < 4.78 is 42.2. The van der Waals surface area contributed by atoms with E-state index in [2.05, 4.69) is 34.4 Å². The van der Waals surface area contributed by atoms with Crippen LogP contribution in [0.25, 0.3) is 0 Å². The van der Waals surface area contributed by atoms with Crippen molar-refractivity contribution in [3.8, 4) is 0 Å². The number of hydrogen-bond donors (Lipinski definition) is 2. The molecule has 9 atom stereocenters. The Kier molecular flexibility index (Phi) is 17.1. The summed E-state index contributed by atoms with van der Waals surface area (Å²) in [5, 5.41) is 13.1. The van der Waals surface area contributed by atoms with Gasteiger partial charge in [0.05, 0.1) is 23.8 Å². The molecule has 3 aromatic carbocycles. The van der Waals surface area contributed by atoms with E-state index in [1.807, 2.05) is 84.9 Å². The second kappa shape index (κ2) is 22.8. The lowest BCUT2D eigenvalue weighted by Crippen LogP contribution is -2.62. The van der Waals surface area contributed by atoms with Crippen LogP contribution in [-0.4, -0.2) is 107 Å². The van der Waals surface area contributed by atoms with Crippen LogP contribution in [0.4, 0.5) is 5.69 Å². The van der Waals surface area contributed by atoms with E-state index < -0.39 is 66.8 Å². The average Bonchev–Trinajstić information content (AvgIpc) is 3.27. The van der Waals surface area contributed by atoms with Gasteiger partial charge in [0.1, 0.15) is 18.8 Å². The third kappa shape index (κ3) is 13.2. The van der Waals surface area contributed by atoms with Crippen LogP contribution in [0.1, 0.15) is 80.4 Å². The predicted molar refractivity (Wildman–Crippen MR) is 238 cm³/mol. The van der Waals surface area contributed by atoms with Crippen molar-refractivity contribution in [2.75, 3.05) is 32.1 Å². The standard InChI is InChI=1S/C48H55N3O12S/c1-29(53)57-28-41-46(59-31(3)55)47(60-32(4)56)45(58-30(2)54)39(61-41)25-42(64)50-38-16-11-14-36(24-38)48-62-40(26-51(5)23-21-37-15-9-10-22-49-37)43(34-12-7-6-8-13-34)44(63-48)35-19-17-33(27-52)18-20-35/h6-20,22,24,39-41,43-48,52H,21,23,25-28H2,1-5H3,(H,50,64). The second-order valence-corrected chi connectivity index (χ2v) is 16.3. The molecule has 2 aliphatic heterocycles. The number of nitrogens with zero attached hydrogens (tertiary/aromatic N) is 2. The molecule has 15 nitrogen and oxygen atoms in total. The summed E-state index contributed by atoms with van der Waals surface area (Å²) in [4.78, 5) is 55.8. The molecule has 4 aromatic rings. The molecule has 0 spiro atoms. The van der Waals surface area contributed by atoms with E-state index in [-0.39, 0.29) is 36.6 Å². The van der Waals surface area contributed by atoms with Gasteiger partial charge in [0.2, 0.25) is 0 Å². The topological polar surface area (TPSA) is 181 Å². The van der Waals surface area contributed by atoms with Gasteiger partial charge < -0.3 is 48.5 Å². The summed E-state index contributed by atoms with van der Waals surface area (Å²) in [6.45, 7) is 5.62. The van der Waals surface area contributed by atoms with E-state index in [9.17, 15) is 24.3 Å². The number of carbonyl (C=O) groups is 4. The maximum Gasteiger partial charge on any atom is 0.303 e. The summed E-state index contributed by atoms with van der Waals surface area (Å²) >= 11 is 5.85. The number of rotatable bonds is 17. The molecule has 9 unspecified atom stereocenters. The lowest BCUT2D eigenvalue weighted by atomic mass is 9.83. The maximum atomic E-state index is 12.4. The number of carbonyl (C=O) groups excluding carboxylic acids is 4. The van der Waals surface area contributed by atoms with Gasteiger partial charge in [-0.25, -0.2) is 0 Å². The number of ether oxygens (including phenoxy) is 7. The summed E-state index contributed by atoms with van der Waals surface area (Å²) in [7, 11) is 2.07. The molecule has 64 heavy (non-hydrogen) atoms. The molecule has 3 heterocycles. The third-order valence-electron chi connectivity index (χ3n) is 10.9. The lowest BCUT2D eigenvalue weighted by Gasteiger charge is -2.44. The van der Waals surface area contributed by atoms with E-state index in [4.69, 9.17) is 45.4 Å². The summed E-state index contributed by atoms with van der Waals surface area (Å²) in [5.74, 6) is -2.97. The van der Waals surface area contributed by atoms with E-state index in [1.165, 1.54) is 20.8 Å². The fraction of sp³-hybridized carbons (Fsp3) is 0.417. The zero-order valence-corrected chi connectivity index (χ0v) is 37.3. The fourth-order valence-electron chi connectivity index (χ4n) is 8.06. The Morgan fingerprint density at radius 2 is 1.38 bits per heavy atom. The van der Waals surface area contributed by atoms with Crippen LogP contribution >= 0.6 is 12.2 Å². The monoisotopic (exact) mass is 897 g/mol. The van der Waals surface area contributed by atoms with E-state index in [1.54, 1.807) is 6.20 Å². The van der Waals surface area contributed by atoms with Crippen molar-refractivity contribution < 1.29 is 57.4 Å². The highest BCUT2D eigenvalue weighted by Crippen LogP contribution is 2.47. The quantitative estimate of drug-likeness (QED) is 0.0721. The minimum Gasteiger partial charge on any atom is -0.463 e. The molecule has 2 N–H and O–H groups in total. The number of anilines is 1. The molecule has 0 saturated carbocycles. The Hall–Kier alpha value is -5.62. The normalized spacial score (nSPS) is 24.3. The molecule has 6 rings (SSSR count). The van der Waals surface area contributed by atoms with Crippen molar-refractivity contribution in [1.29, 1.82) is 0 Å². The summed E-state index contributed by atoms with van der Waals surface area (Å²) in [5.41, 5.74) is 5.08. The first-order valence-corrected chi connectivity index (χ1v) is 21.5. The lowest BCUT2D eigenvalue weighted by molar-refractivity contribution is -0.263. The summed E-state index contributed by atoms with van der Waals surface area (Å²) in [6, 6.07) is 31.3. The highest BCUT2D eigenvalue weighted by atomic mass is 32.1. The molecule has 0 aliphatic carbocycles.